The molecular formula is C14H9F2NO4. The summed E-state index contributed by atoms with van der Waals surface area (Å²) in [5.41, 5.74) is -1.25. The Balaban J connectivity index is 2.17. The van der Waals surface area contributed by atoms with Gasteiger partial charge in [0.05, 0.1) is 11.3 Å². The van der Waals surface area contributed by atoms with Gasteiger partial charge in [0.15, 0.2) is 0 Å². The second-order valence-corrected chi connectivity index (χ2v) is 3.94. The van der Waals surface area contributed by atoms with Gasteiger partial charge in [-0.3, -0.25) is 5.32 Å². The molecule has 0 saturated heterocycles. The number of rotatable bonds is 3. The molecule has 0 aromatic heterocycles. The molecule has 0 spiro atoms. The molecule has 2 rings (SSSR count). The quantitative estimate of drug-likeness (QED) is 0.910. The number of carbonyl (C=O) groups is 2. The summed E-state index contributed by atoms with van der Waals surface area (Å²) in [6.45, 7) is 0. The summed E-state index contributed by atoms with van der Waals surface area (Å²) in [5.74, 6) is -3.70. The standard InChI is InChI=1S/C14H9F2NO4/c15-10-7-11(16)12(6-9(10)13(18)19)17-14(20)21-8-4-2-1-3-5-8/h1-7H,(H,17,20)(H,18,19). The molecule has 0 heterocycles. The van der Waals surface area contributed by atoms with Gasteiger partial charge in [0.2, 0.25) is 0 Å². The zero-order chi connectivity index (χ0) is 15.4. The topological polar surface area (TPSA) is 75.6 Å². The van der Waals surface area contributed by atoms with Crippen LogP contribution in [-0.4, -0.2) is 17.2 Å². The highest BCUT2D eigenvalue weighted by Gasteiger charge is 2.17. The summed E-state index contributed by atoms with van der Waals surface area (Å²) in [6, 6.07) is 9.03. The van der Waals surface area contributed by atoms with Crippen molar-refractivity contribution >= 4 is 17.7 Å². The van der Waals surface area contributed by atoms with Crippen LogP contribution >= 0.6 is 0 Å². The number of halogens is 2. The van der Waals surface area contributed by atoms with E-state index in [4.69, 9.17) is 9.84 Å². The lowest BCUT2D eigenvalue weighted by Crippen LogP contribution is -2.18. The van der Waals surface area contributed by atoms with E-state index >= 15 is 0 Å². The van der Waals surface area contributed by atoms with Gasteiger partial charge in [-0.25, -0.2) is 18.4 Å². The molecule has 1 amide bonds. The Morgan fingerprint density at radius 2 is 1.71 bits per heavy atom. The fraction of sp³-hybridized carbons (Fsp3) is 0. The first-order chi connectivity index (χ1) is 9.97. The molecule has 2 aromatic carbocycles. The van der Waals surface area contributed by atoms with Crippen LogP contribution in [0.4, 0.5) is 19.3 Å². The minimum atomic E-state index is -1.58. The van der Waals surface area contributed by atoms with E-state index in [1.807, 2.05) is 5.32 Å². The number of benzene rings is 2. The lowest BCUT2D eigenvalue weighted by atomic mass is 10.2. The Morgan fingerprint density at radius 1 is 1.05 bits per heavy atom. The summed E-state index contributed by atoms with van der Waals surface area (Å²) >= 11 is 0. The second-order valence-electron chi connectivity index (χ2n) is 3.94. The van der Waals surface area contributed by atoms with Crippen LogP contribution in [0.1, 0.15) is 10.4 Å². The summed E-state index contributed by atoms with van der Waals surface area (Å²) in [7, 11) is 0. The van der Waals surface area contributed by atoms with Gasteiger partial charge >= 0.3 is 12.1 Å². The lowest BCUT2D eigenvalue weighted by Gasteiger charge is -2.08. The van der Waals surface area contributed by atoms with E-state index in [0.29, 0.717) is 12.1 Å². The van der Waals surface area contributed by atoms with E-state index < -0.39 is 34.9 Å². The highest BCUT2D eigenvalue weighted by atomic mass is 19.1. The Bertz CT molecular complexity index is 689. The van der Waals surface area contributed by atoms with Gasteiger partial charge in [-0.05, 0) is 18.2 Å². The second kappa shape index (κ2) is 6.00. The normalized spacial score (nSPS) is 10.0. The number of amides is 1. The molecule has 0 atom stereocenters. The number of ether oxygens (including phenoxy) is 1. The minimum Gasteiger partial charge on any atom is -0.478 e. The van der Waals surface area contributed by atoms with Gasteiger partial charge in [-0.15, -0.1) is 0 Å². The molecule has 0 unspecified atom stereocenters. The van der Waals surface area contributed by atoms with Crippen molar-refractivity contribution in [2.24, 2.45) is 0 Å². The molecule has 108 valence electrons. The Morgan fingerprint density at radius 3 is 2.33 bits per heavy atom. The minimum absolute atomic E-state index is 0.218. The van der Waals surface area contributed by atoms with Crippen molar-refractivity contribution in [1.29, 1.82) is 0 Å². The summed E-state index contributed by atoms with van der Waals surface area (Å²) in [5, 5.41) is 10.8. The van der Waals surface area contributed by atoms with E-state index in [0.717, 1.165) is 0 Å². The van der Waals surface area contributed by atoms with Gasteiger partial charge in [0.1, 0.15) is 17.4 Å². The van der Waals surface area contributed by atoms with Crippen molar-refractivity contribution < 1.29 is 28.2 Å². The van der Waals surface area contributed by atoms with Gasteiger partial charge in [0, 0.05) is 6.07 Å². The third kappa shape index (κ3) is 3.53. The first kappa shape index (κ1) is 14.4. The lowest BCUT2D eigenvalue weighted by molar-refractivity contribution is 0.0691. The van der Waals surface area contributed by atoms with Crippen LogP contribution in [0.15, 0.2) is 42.5 Å². The molecule has 5 nitrogen and oxygen atoms in total. The number of carbonyl (C=O) groups excluding carboxylic acids is 1. The molecule has 7 heteroatoms. The zero-order valence-electron chi connectivity index (χ0n) is 10.5. The van der Waals surface area contributed by atoms with Crippen LogP contribution in [0.2, 0.25) is 0 Å². The highest BCUT2D eigenvalue weighted by Crippen LogP contribution is 2.20. The van der Waals surface area contributed by atoms with E-state index in [2.05, 4.69) is 0 Å². The van der Waals surface area contributed by atoms with Crippen molar-refractivity contribution in [3.63, 3.8) is 0 Å². The average Bonchev–Trinajstić information content (AvgIpc) is 2.42. The summed E-state index contributed by atoms with van der Waals surface area (Å²) in [4.78, 5) is 22.3. The number of carboxylic acids is 1. The number of aromatic carboxylic acids is 1. The maximum atomic E-state index is 13.5. The molecule has 0 bridgehead atoms. The monoisotopic (exact) mass is 293 g/mol. The van der Waals surface area contributed by atoms with E-state index in [1.165, 1.54) is 12.1 Å². The van der Waals surface area contributed by atoms with Crippen molar-refractivity contribution in [2.45, 2.75) is 0 Å². The van der Waals surface area contributed by atoms with Crippen LogP contribution in [0.5, 0.6) is 5.75 Å². The molecule has 0 aliphatic rings. The van der Waals surface area contributed by atoms with Gasteiger partial charge in [-0.1, -0.05) is 18.2 Å². The van der Waals surface area contributed by atoms with Gasteiger partial charge < -0.3 is 9.84 Å². The number of hydrogen-bond acceptors (Lipinski definition) is 3. The largest absolute Gasteiger partial charge is 0.478 e. The van der Waals surface area contributed by atoms with Crippen molar-refractivity contribution in [3.8, 4) is 5.75 Å². The molecule has 2 N–H and O–H groups in total. The van der Waals surface area contributed by atoms with Crippen LogP contribution < -0.4 is 10.1 Å². The summed E-state index contributed by atoms with van der Waals surface area (Å²) < 4.78 is 31.5. The SMILES string of the molecule is O=C(Nc1cc(C(=O)O)c(F)cc1F)Oc1ccccc1. The smallest absolute Gasteiger partial charge is 0.417 e. The van der Waals surface area contributed by atoms with Crippen molar-refractivity contribution in [2.75, 3.05) is 5.32 Å². The number of carboxylic acid groups (broad SMARTS) is 1. The van der Waals surface area contributed by atoms with Crippen LogP contribution in [0.3, 0.4) is 0 Å². The highest BCUT2D eigenvalue weighted by molar-refractivity contribution is 5.92. The molecule has 0 saturated carbocycles. The third-order valence-corrected chi connectivity index (χ3v) is 2.48. The summed E-state index contributed by atoms with van der Waals surface area (Å²) in [6.07, 6.45) is -1.02. The van der Waals surface area contributed by atoms with E-state index in [1.54, 1.807) is 18.2 Å². The average molecular weight is 293 g/mol. The van der Waals surface area contributed by atoms with Crippen LogP contribution in [-0.2, 0) is 0 Å². The van der Waals surface area contributed by atoms with Gasteiger partial charge in [-0.2, -0.15) is 0 Å². The first-order valence-corrected chi connectivity index (χ1v) is 5.73. The number of nitrogens with one attached hydrogen (secondary N) is 1. The number of hydrogen-bond donors (Lipinski definition) is 2. The molecule has 2 aromatic rings. The first-order valence-electron chi connectivity index (χ1n) is 5.73. The molecule has 0 aliphatic carbocycles. The molecule has 0 aliphatic heterocycles. The Hall–Kier alpha value is -2.96. The number of anilines is 1. The molecule has 0 fully saturated rings. The Labute approximate surface area is 117 Å². The zero-order valence-corrected chi connectivity index (χ0v) is 10.5. The van der Waals surface area contributed by atoms with Crippen LogP contribution in [0.25, 0.3) is 0 Å². The predicted molar refractivity (Wildman–Crippen MR) is 69.4 cm³/mol. The maximum Gasteiger partial charge on any atom is 0.417 e. The van der Waals surface area contributed by atoms with E-state index in [9.17, 15) is 18.4 Å². The molecular weight excluding hydrogens is 284 g/mol. The fourth-order valence-electron chi connectivity index (χ4n) is 1.54. The van der Waals surface area contributed by atoms with Crippen LogP contribution in [0, 0.1) is 11.6 Å². The van der Waals surface area contributed by atoms with E-state index in [-0.39, 0.29) is 5.75 Å². The molecule has 0 radical (unpaired) electrons. The van der Waals surface area contributed by atoms with Crippen molar-refractivity contribution in [3.05, 3.63) is 59.7 Å². The maximum absolute atomic E-state index is 13.5. The fourth-order valence-corrected chi connectivity index (χ4v) is 1.54. The predicted octanol–water partition coefficient (Wildman–Crippen LogP) is 3.27. The Kier molecular flexibility index (Phi) is 4.13. The van der Waals surface area contributed by atoms with Crippen molar-refractivity contribution in [1.82, 2.24) is 0 Å². The number of para-hydroxylation sites is 1. The molecule has 21 heavy (non-hydrogen) atoms. The third-order valence-electron chi connectivity index (χ3n) is 2.48. The van der Waals surface area contributed by atoms with Gasteiger partial charge in [0.25, 0.3) is 0 Å².